The summed E-state index contributed by atoms with van der Waals surface area (Å²) in [5, 5.41) is 8.73. The lowest BCUT2D eigenvalue weighted by molar-refractivity contribution is 0.485. The van der Waals surface area contributed by atoms with Crippen molar-refractivity contribution in [2.75, 3.05) is 0 Å². The van der Waals surface area contributed by atoms with Crippen molar-refractivity contribution in [3.05, 3.63) is 84.0 Å². The zero-order valence-electron chi connectivity index (χ0n) is 14.7. The molecule has 0 bridgehead atoms. The van der Waals surface area contributed by atoms with Crippen molar-refractivity contribution in [3.8, 4) is 11.3 Å². The van der Waals surface area contributed by atoms with Crippen molar-refractivity contribution in [2.45, 2.75) is 24.4 Å². The van der Waals surface area contributed by atoms with Crippen molar-refractivity contribution in [1.29, 1.82) is 0 Å². The summed E-state index contributed by atoms with van der Waals surface area (Å²) in [6.45, 7) is 2.43. The molecule has 0 atom stereocenters. The Morgan fingerprint density at radius 1 is 1.04 bits per heavy atom. The summed E-state index contributed by atoms with van der Waals surface area (Å²) in [6, 6.07) is 16.6. The Balaban J connectivity index is 1.66. The number of aromatic nitrogens is 4. The van der Waals surface area contributed by atoms with Crippen molar-refractivity contribution in [2.24, 2.45) is 0 Å². The molecule has 0 saturated heterocycles. The molecular formula is C20H17FN4OS. The van der Waals surface area contributed by atoms with Gasteiger partial charge >= 0.3 is 0 Å². The fraction of sp³-hybridized carbons (Fsp3) is 0.150. The lowest BCUT2D eigenvalue weighted by atomic mass is 10.1. The Bertz CT molecular complexity index is 1030. The molecule has 0 unspecified atom stereocenters. The van der Waals surface area contributed by atoms with E-state index < -0.39 is 0 Å². The maximum Gasteiger partial charge on any atom is 0.226 e. The van der Waals surface area contributed by atoms with Crippen LogP contribution in [0.15, 0.2) is 70.4 Å². The quantitative estimate of drug-likeness (QED) is 0.453. The van der Waals surface area contributed by atoms with Crippen LogP contribution in [0.25, 0.3) is 11.3 Å². The minimum atomic E-state index is -0.255. The summed E-state index contributed by atoms with van der Waals surface area (Å²) in [4.78, 5) is 4.58. The molecule has 2 aromatic heterocycles. The van der Waals surface area contributed by atoms with E-state index in [0.717, 1.165) is 22.0 Å². The van der Waals surface area contributed by atoms with Gasteiger partial charge in [0, 0.05) is 6.92 Å². The molecule has 4 aromatic rings. The Morgan fingerprint density at radius 3 is 2.52 bits per heavy atom. The van der Waals surface area contributed by atoms with E-state index in [1.165, 1.54) is 23.9 Å². The zero-order valence-corrected chi connectivity index (χ0v) is 15.5. The second-order valence-corrected chi connectivity index (χ2v) is 6.95. The molecule has 2 aromatic carbocycles. The molecule has 27 heavy (non-hydrogen) atoms. The molecule has 7 heteroatoms. The smallest absolute Gasteiger partial charge is 0.226 e. The topological polar surface area (TPSA) is 56.7 Å². The van der Waals surface area contributed by atoms with Crippen LogP contribution < -0.4 is 0 Å². The van der Waals surface area contributed by atoms with Crippen molar-refractivity contribution < 1.29 is 8.81 Å². The second kappa shape index (κ2) is 7.75. The highest BCUT2D eigenvalue weighted by molar-refractivity contribution is 7.98. The van der Waals surface area contributed by atoms with Crippen LogP contribution in [0.2, 0.25) is 0 Å². The van der Waals surface area contributed by atoms with Crippen LogP contribution in [0.1, 0.15) is 17.3 Å². The van der Waals surface area contributed by atoms with E-state index in [9.17, 15) is 4.39 Å². The van der Waals surface area contributed by atoms with E-state index in [-0.39, 0.29) is 5.82 Å². The number of rotatable bonds is 6. The van der Waals surface area contributed by atoms with E-state index in [0.29, 0.717) is 24.1 Å². The molecule has 0 N–H and O–H groups in total. The predicted molar refractivity (Wildman–Crippen MR) is 102 cm³/mol. The number of hydrogen-bond donors (Lipinski definition) is 0. The molecule has 0 saturated carbocycles. The van der Waals surface area contributed by atoms with Crippen LogP contribution in [0.3, 0.4) is 0 Å². The van der Waals surface area contributed by atoms with Crippen molar-refractivity contribution in [1.82, 2.24) is 19.7 Å². The van der Waals surface area contributed by atoms with Gasteiger partial charge in [-0.05, 0) is 35.4 Å². The third kappa shape index (κ3) is 4.09. The molecule has 0 fully saturated rings. The van der Waals surface area contributed by atoms with Crippen LogP contribution in [0.4, 0.5) is 4.39 Å². The largest absolute Gasteiger partial charge is 0.425 e. The van der Waals surface area contributed by atoms with Gasteiger partial charge in [-0.3, -0.25) is 0 Å². The summed E-state index contributed by atoms with van der Waals surface area (Å²) in [7, 11) is 0. The average molecular weight is 380 g/mol. The molecule has 5 nitrogen and oxygen atoms in total. The Morgan fingerprint density at radius 2 is 1.81 bits per heavy atom. The van der Waals surface area contributed by atoms with E-state index in [4.69, 9.17) is 4.42 Å². The van der Waals surface area contributed by atoms with Gasteiger partial charge in [0.1, 0.15) is 5.82 Å². The lowest BCUT2D eigenvalue weighted by Crippen LogP contribution is -2.04. The standard InChI is InChI=1S/C20H17FN4OS/c1-14-23-24-19(26-14)13-27-20-22-11-18(16-7-9-17(21)10-8-16)25(20)12-15-5-3-2-4-6-15/h2-11H,12-13H2,1H3. The van der Waals surface area contributed by atoms with Gasteiger partial charge in [0.2, 0.25) is 11.8 Å². The highest BCUT2D eigenvalue weighted by Crippen LogP contribution is 2.29. The van der Waals surface area contributed by atoms with Crippen LogP contribution in [0, 0.1) is 12.7 Å². The first kappa shape index (κ1) is 17.5. The number of aryl methyl sites for hydroxylation is 1. The maximum atomic E-state index is 13.3. The molecule has 2 heterocycles. The van der Waals surface area contributed by atoms with E-state index in [1.807, 2.05) is 24.4 Å². The number of halogens is 1. The maximum absolute atomic E-state index is 13.3. The molecule has 0 spiro atoms. The van der Waals surface area contributed by atoms with Gasteiger partial charge in [0.25, 0.3) is 0 Å². The zero-order chi connectivity index (χ0) is 18.6. The molecule has 136 valence electrons. The first-order valence-electron chi connectivity index (χ1n) is 8.46. The van der Waals surface area contributed by atoms with Crippen LogP contribution in [-0.2, 0) is 12.3 Å². The Hall–Kier alpha value is -2.93. The molecule has 4 rings (SSSR count). The van der Waals surface area contributed by atoms with Crippen molar-refractivity contribution in [3.63, 3.8) is 0 Å². The van der Waals surface area contributed by atoms with Gasteiger partial charge in [0.15, 0.2) is 5.16 Å². The summed E-state index contributed by atoms with van der Waals surface area (Å²) >= 11 is 1.53. The van der Waals surface area contributed by atoms with Gasteiger partial charge in [-0.15, -0.1) is 10.2 Å². The number of imidazole rings is 1. The summed E-state index contributed by atoms with van der Waals surface area (Å²) in [6.07, 6.45) is 1.82. The average Bonchev–Trinajstić information content (AvgIpc) is 3.28. The highest BCUT2D eigenvalue weighted by atomic mass is 32.2. The molecule has 0 amide bonds. The number of nitrogens with zero attached hydrogens (tertiary/aromatic N) is 4. The van der Waals surface area contributed by atoms with Gasteiger partial charge in [-0.2, -0.15) is 0 Å². The normalized spacial score (nSPS) is 11.0. The van der Waals surface area contributed by atoms with E-state index >= 15 is 0 Å². The molecule has 0 aliphatic carbocycles. The molecule has 0 radical (unpaired) electrons. The Labute approximate surface area is 160 Å². The van der Waals surface area contributed by atoms with Crippen LogP contribution >= 0.6 is 11.8 Å². The Kier molecular flexibility index (Phi) is 5.02. The van der Waals surface area contributed by atoms with E-state index in [2.05, 4.69) is 31.9 Å². The molecule has 0 aliphatic rings. The number of benzene rings is 2. The highest BCUT2D eigenvalue weighted by Gasteiger charge is 2.14. The third-order valence-electron chi connectivity index (χ3n) is 4.04. The summed E-state index contributed by atoms with van der Waals surface area (Å²) < 4.78 is 20.9. The van der Waals surface area contributed by atoms with Crippen LogP contribution in [0.5, 0.6) is 0 Å². The number of hydrogen-bond acceptors (Lipinski definition) is 5. The minimum Gasteiger partial charge on any atom is -0.425 e. The van der Waals surface area contributed by atoms with Crippen molar-refractivity contribution >= 4 is 11.8 Å². The first-order chi connectivity index (χ1) is 13.2. The lowest BCUT2D eigenvalue weighted by Gasteiger charge is -2.12. The SMILES string of the molecule is Cc1nnc(CSc2ncc(-c3ccc(F)cc3)n2Cc2ccccc2)o1. The van der Waals surface area contributed by atoms with Gasteiger partial charge in [-0.1, -0.05) is 42.1 Å². The van der Waals surface area contributed by atoms with E-state index in [1.54, 1.807) is 19.1 Å². The molecular weight excluding hydrogens is 363 g/mol. The summed E-state index contributed by atoms with van der Waals surface area (Å²) in [5.74, 6) is 1.39. The van der Waals surface area contributed by atoms with Gasteiger partial charge in [-0.25, -0.2) is 9.37 Å². The molecule has 0 aliphatic heterocycles. The summed E-state index contributed by atoms with van der Waals surface area (Å²) in [5.41, 5.74) is 3.01. The minimum absolute atomic E-state index is 0.255. The first-order valence-corrected chi connectivity index (χ1v) is 9.45. The fourth-order valence-corrected chi connectivity index (χ4v) is 3.58. The van der Waals surface area contributed by atoms with Gasteiger partial charge in [0.05, 0.1) is 24.2 Å². The third-order valence-corrected chi connectivity index (χ3v) is 5.01. The predicted octanol–water partition coefficient (Wildman–Crippen LogP) is 4.72. The second-order valence-electron chi connectivity index (χ2n) is 6.01. The fourth-order valence-electron chi connectivity index (χ4n) is 2.77. The number of thioether (sulfide) groups is 1. The van der Waals surface area contributed by atoms with Crippen LogP contribution in [-0.4, -0.2) is 19.7 Å². The van der Waals surface area contributed by atoms with Gasteiger partial charge < -0.3 is 8.98 Å². The monoisotopic (exact) mass is 380 g/mol.